The van der Waals surface area contributed by atoms with Gasteiger partial charge in [-0.05, 0) is 36.7 Å². The maximum absolute atomic E-state index is 6.58. The fourth-order valence-corrected chi connectivity index (χ4v) is 4.05. The highest BCUT2D eigenvalue weighted by atomic mass is 35.5. The number of para-hydroxylation sites is 1. The molecule has 25 heavy (non-hydrogen) atoms. The van der Waals surface area contributed by atoms with Crippen molar-refractivity contribution in [3.05, 3.63) is 63.8 Å². The largest absolute Gasteiger partial charge is 0.492 e. The van der Waals surface area contributed by atoms with E-state index in [9.17, 15) is 0 Å². The number of ether oxygens (including phenoxy) is 1. The van der Waals surface area contributed by atoms with Gasteiger partial charge >= 0.3 is 0 Å². The number of rotatable bonds is 4. The van der Waals surface area contributed by atoms with E-state index in [1.54, 1.807) is 0 Å². The average Bonchev–Trinajstić information content (AvgIpc) is 2.78. The van der Waals surface area contributed by atoms with E-state index < -0.39 is 0 Å². The molecule has 1 aliphatic heterocycles. The molecule has 0 radical (unpaired) electrons. The summed E-state index contributed by atoms with van der Waals surface area (Å²) < 4.78 is 8.21. The lowest BCUT2D eigenvalue weighted by atomic mass is 10.1. The number of nitrogens with one attached hydrogen (secondary N) is 1. The third-order valence-corrected chi connectivity index (χ3v) is 5.55. The minimum Gasteiger partial charge on any atom is -0.492 e. The fourth-order valence-electron chi connectivity index (χ4n) is 3.63. The molecule has 3 aromatic rings. The Bertz CT molecular complexity index is 890. The van der Waals surface area contributed by atoms with Crippen molar-refractivity contribution >= 4 is 34.1 Å². The van der Waals surface area contributed by atoms with Gasteiger partial charge in [0.2, 0.25) is 0 Å². The predicted molar refractivity (Wildman–Crippen MR) is 104 cm³/mol. The number of hydrogen-bond donors (Lipinski definition) is 1. The van der Waals surface area contributed by atoms with Crippen LogP contribution in [-0.4, -0.2) is 24.3 Å². The Hall–Kier alpha value is -1.68. The lowest BCUT2D eigenvalue weighted by Gasteiger charge is -2.13. The summed E-state index contributed by atoms with van der Waals surface area (Å²) >= 11 is 12.9. The SMILES string of the molecule is Clc1ccc2c3c(n(CCOc4ccccc4)c2c1Cl)CCNCC3. The molecular weight excluding hydrogens is 355 g/mol. The molecule has 5 heteroatoms. The summed E-state index contributed by atoms with van der Waals surface area (Å²) in [6.07, 6.45) is 2.00. The van der Waals surface area contributed by atoms with Crippen LogP contribution in [0.25, 0.3) is 10.9 Å². The molecule has 2 aromatic carbocycles. The first-order valence-corrected chi connectivity index (χ1v) is 9.38. The Morgan fingerprint density at radius 2 is 1.80 bits per heavy atom. The first-order chi connectivity index (χ1) is 12.3. The molecule has 130 valence electrons. The van der Waals surface area contributed by atoms with Crippen molar-refractivity contribution in [2.45, 2.75) is 19.4 Å². The molecule has 0 aliphatic carbocycles. The van der Waals surface area contributed by atoms with Gasteiger partial charge in [0.15, 0.2) is 0 Å². The summed E-state index contributed by atoms with van der Waals surface area (Å²) in [4.78, 5) is 0. The zero-order valence-corrected chi connectivity index (χ0v) is 15.4. The minimum atomic E-state index is 0.594. The monoisotopic (exact) mass is 374 g/mol. The highest BCUT2D eigenvalue weighted by Gasteiger charge is 2.21. The van der Waals surface area contributed by atoms with Crippen LogP contribution < -0.4 is 10.1 Å². The molecule has 4 rings (SSSR count). The van der Waals surface area contributed by atoms with Gasteiger partial charge in [-0.25, -0.2) is 0 Å². The molecule has 0 amide bonds. The molecule has 0 unspecified atom stereocenters. The van der Waals surface area contributed by atoms with Crippen LogP contribution in [0, 0.1) is 0 Å². The van der Waals surface area contributed by atoms with E-state index in [0.717, 1.165) is 43.7 Å². The molecule has 3 nitrogen and oxygen atoms in total. The van der Waals surface area contributed by atoms with Gasteiger partial charge in [0.05, 0.1) is 22.1 Å². The molecule has 1 aromatic heterocycles. The second kappa shape index (κ2) is 7.28. The molecule has 0 saturated heterocycles. The summed E-state index contributed by atoms with van der Waals surface area (Å²) in [5.41, 5.74) is 3.77. The minimum absolute atomic E-state index is 0.594. The van der Waals surface area contributed by atoms with Crippen LogP contribution >= 0.6 is 23.2 Å². The third kappa shape index (κ3) is 3.24. The van der Waals surface area contributed by atoms with Gasteiger partial charge in [0, 0.05) is 24.0 Å². The van der Waals surface area contributed by atoms with Gasteiger partial charge in [-0.15, -0.1) is 0 Å². The van der Waals surface area contributed by atoms with E-state index in [1.807, 2.05) is 36.4 Å². The van der Waals surface area contributed by atoms with Crippen molar-refractivity contribution in [3.8, 4) is 5.75 Å². The Balaban J connectivity index is 1.71. The van der Waals surface area contributed by atoms with E-state index in [-0.39, 0.29) is 0 Å². The molecule has 0 bridgehead atoms. The van der Waals surface area contributed by atoms with Crippen LogP contribution in [0.15, 0.2) is 42.5 Å². The summed E-state index contributed by atoms with van der Waals surface area (Å²) in [6.45, 7) is 3.32. The van der Waals surface area contributed by atoms with E-state index in [2.05, 4.69) is 16.0 Å². The van der Waals surface area contributed by atoms with Gasteiger partial charge in [-0.3, -0.25) is 0 Å². The van der Waals surface area contributed by atoms with Crippen molar-refractivity contribution < 1.29 is 4.74 Å². The van der Waals surface area contributed by atoms with Gasteiger partial charge < -0.3 is 14.6 Å². The first-order valence-electron chi connectivity index (χ1n) is 8.62. The van der Waals surface area contributed by atoms with Crippen molar-refractivity contribution in [3.63, 3.8) is 0 Å². The summed E-state index contributed by atoms with van der Waals surface area (Å²) in [5, 5.41) is 5.93. The average molecular weight is 375 g/mol. The number of hydrogen-bond acceptors (Lipinski definition) is 2. The molecule has 0 atom stereocenters. The van der Waals surface area contributed by atoms with Gasteiger partial charge in [0.1, 0.15) is 12.4 Å². The number of halogens is 2. The maximum Gasteiger partial charge on any atom is 0.119 e. The highest BCUT2D eigenvalue weighted by Crippen LogP contribution is 2.36. The summed E-state index contributed by atoms with van der Waals surface area (Å²) in [5.74, 6) is 0.885. The van der Waals surface area contributed by atoms with Crippen LogP contribution in [0.5, 0.6) is 5.75 Å². The van der Waals surface area contributed by atoms with Crippen LogP contribution in [0.1, 0.15) is 11.3 Å². The Labute approximate surface area is 157 Å². The Morgan fingerprint density at radius 1 is 1.00 bits per heavy atom. The maximum atomic E-state index is 6.58. The smallest absolute Gasteiger partial charge is 0.119 e. The number of nitrogens with zero attached hydrogens (tertiary/aromatic N) is 1. The number of aromatic nitrogens is 1. The quantitative estimate of drug-likeness (QED) is 0.715. The lowest BCUT2D eigenvalue weighted by molar-refractivity contribution is 0.299. The fraction of sp³-hybridized carbons (Fsp3) is 0.300. The molecular formula is C20H20Cl2N2O. The zero-order chi connectivity index (χ0) is 17.2. The molecule has 1 aliphatic rings. The van der Waals surface area contributed by atoms with Crippen molar-refractivity contribution in [2.75, 3.05) is 19.7 Å². The van der Waals surface area contributed by atoms with Crippen molar-refractivity contribution in [1.29, 1.82) is 0 Å². The molecule has 2 heterocycles. The van der Waals surface area contributed by atoms with Gasteiger partial charge in [-0.2, -0.15) is 0 Å². The van der Waals surface area contributed by atoms with E-state index in [1.165, 1.54) is 16.6 Å². The second-order valence-electron chi connectivity index (χ2n) is 6.25. The molecule has 0 saturated carbocycles. The van der Waals surface area contributed by atoms with E-state index >= 15 is 0 Å². The van der Waals surface area contributed by atoms with Crippen LogP contribution in [-0.2, 0) is 19.4 Å². The summed E-state index contributed by atoms with van der Waals surface area (Å²) in [7, 11) is 0. The standard InChI is InChI=1S/C20H20Cl2N2O/c21-17-7-6-16-15-8-10-23-11-9-18(15)24(20(16)19(17)22)12-13-25-14-4-2-1-3-5-14/h1-7,23H,8-13H2. The van der Waals surface area contributed by atoms with Crippen molar-refractivity contribution in [1.82, 2.24) is 9.88 Å². The van der Waals surface area contributed by atoms with Crippen molar-refractivity contribution in [2.24, 2.45) is 0 Å². The molecule has 0 fully saturated rings. The van der Waals surface area contributed by atoms with E-state index in [0.29, 0.717) is 16.7 Å². The zero-order valence-electron chi connectivity index (χ0n) is 13.9. The lowest BCUT2D eigenvalue weighted by Crippen LogP contribution is -2.18. The van der Waals surface area contributed by atoms with E-state index in [4.69, 9.17) is 27.9 Å². The topological polar surface area (TPSA) is 26.2 Å². The van der Waals surface area contributed by atoms with Crippen LogP contribution in [0.3, 0.4) is 0 Å². The predicted octanol–water partition coefficient (Wildman–Crippen LogP) is 4.72. The molecule has 1 N–H and O–H groups in total. The Kier molecular flexibility index (Phi) is 4.89. The second-order valence-corrected chi connectivity index (χ2v) is 7.03. The Morgan fingerprint density at radius 3 is 2.64 bits per heavy atom. The number of benzene rings is 2. The number of fused-ring (bicyclic) bond motifs is 3. The molecule has 0 spiro atoms. The summed E-state index contributed by atoms with van der Waals surface area (Å²) in [6, 6.07) is 13.9. The van der Waals surface area contributed by atoms with Crippen LogP contribution in [0.4, 0.5) is 0 Å². The highest BCUT2D eigenvalue weighted by molar-refractivity contribution is 6.45. The third-order valence-electron chi connectivity index (χ3n) is 4.76. The normalized spacial score (nSPS) is 14.3. The van der Waals surface area contributed by atoms with Gasteiger partial charge in [0.25, 0.3) is 0 Å². The van der Waals surface area contributed by atoms with Gasteiger partial charge in [-0.1, -0.05) is 47.5 Å². The van der Waals surface area contributed by atoms with Crippen LogP contribution in [0.2, 0.25) is 10.0 Å². The first kappa shape index (κ1) is 16.8.